The molecular formula is C7H12N2S2. The fourth-order valence-electron chi connectivity index (χ4n) is 0.822. The number of thiol groups is 1. The van der Waals surface area contributed by atoms with E-state index in [1.807, 2.05) is 18.6 Å². The molecule has 0 spiro atoms. The lowest BCUT2D eigenvalue weighted by Crippen LogP contribution is -2.29. The quantitative estimate of drug-likeness (QED) is 0.694. The Labute approximate surface area is 76.5 Å². The van der Waals surface area contributed by atoms with Gasteiger partial charge in [-0.15, -0.1) is 11.3 Å². The number of rotatable bonds is 4. The first-order valence-electron chi connectivity index (χ1n) is 3.53. The molecule has 0 unspecified atom stereocenters. The van der Waals surface area contributed by atoms with Crippen LogP contribution in [0.1, 0.15) is 5.01 Å². The van der Waals surface area contributed by atoms with Gasteiger partial charge in [-0.25, -0.2) is 4.98 Å². The zero-order valence-electron chi connectivity index (χ0n) is 6.45. The van der Waals surface area contributed by atoms with E-state index in [-0.39, 0.29) is 0 Å². The summed E-state index contributed by atoms with van der Waals surface area (Å²) in [5.41, 5.74) is 0. The van der Waals surface area contributed by atoms with Gasteiger partial charge in [0.05, 0.1) is 5.01 Å². The standard InChI is InChI=1S/C7H12N2S2/c1-8-6(5-10)4-7-9-2-3-11-7/h2-3,6,8,10H,4-5H2,1H3/t6-/m1/s1. The van der Waals surface area contributed by atoms with Gasteiger partial charge < -0.3 is 5.32 Å². The molecule has 11 heavy (non-hydrogen) atoms. The van der Waals surface area contributed by atoms with E-state index in [0.29, 0.717) is 6.04 Å². The number of hydrogen-bond donors (Lipinski definition) is 2. The van der Waals surface area contributed by atoms with Crippen LogP contribution in [0, 0.1) is 0 Å². The molecule has 1 aromatic heterocycles. The first-order chi connectivity index (χ1) is 5.36. The summed E-state index contributed by atoms with van der Waals surface area (Å²) in [4.78, 5) is 4.20. The number of nitrogens with zero attached hydrogens (tertiary/aromatic N) is 1. The summed E-state index contributed by atoms with van der Waals surface area (Å²) >= 11 is 5.92. The van der Waals surface area contributed by atoms with Crippen LogP contribution in [0.4, 0.5) is 0 Å². The number of thiazole rings is 1. The van der Waals surface area contributed by atoms with Crippen LogP contribution in [0.25, 0.3) is 0 Å². The Morgan fingerprint density at radius 1 is 1.82 bits per heavy atom. The lowest BCUT2D eigenvalue weighted by Gasteiger charge is -2.10. The van der Waals surface area contributed by atoms with Crippen LogP contribution in [0.15, 0.2) is 11.6 Å². The van der Waals surface area contributed by atoms with Crippen LogP contribution in [-0.2, 0) is 6.42 Å². The van der Waals surface area contributed by atoms with Gasteiger partial charge in [0.2, 0.25) is 0 Å². The van der Waals surface area contributed by atoms with Crippen LogP contribution < -0.4 is 5.32 Å². The molecule has 0 bridgehead atoms. The van der Waals surface area contributed by atoms with Gasteiger partial charge in [-0.3, -0.25) is 0 Å². The highest BCUT2D eigenvalue weighted by atomic mass is 32.1. The van der Waals surface area contributed by atoms with Crippen molar-refractivity contribution in [3.8, 4) is 0 Å². The maximum atomic E-state index is 4.22. The van der Waals surface area contributed by atoms with Gasteiger partial charge >= 0.3 is 0 Å². The molecule has 2 nitrogen and oxygen atoms in total. The van der Waals surface area contributed by atoms with Crippen LogP contribution in [0.5, 0.6) is 0 Å². The van der Waals surface area contributed by atoms with E-state index in [9.17, 15) is 0 Å². The molecule has 1 atom stereocenters. The predicted octanol–water partition coefficient (Wildman–Crippen LogP) is 1.20. The minimum absolute atomic E-state index is 0.449. The molecule has 1 N–H and O–H groups in total. The van der Waals surface area contributed by atoms with E-state index >= 15 is 0 Å². The highest BCUT2D eigenvalue weighted by Gasteiger charge is 2.05. The molecule has 4 heteroatoms. The number of nitrogens with one attached hydrogen (secondary N) is 1. The van der Waals surface area contributed by atoms with Gasteiger partial charge in [0.25, 0.3) is 0 Å². The largest absolute Gasteiger partial charge is 0.316 e. The first kappa shape index (κ1) is 9.03. The van der Waals surface area contributed by atoms with Gasteiger partial charge in [0.15, 0.2) is 0 Å². The fraction of sp³-hybridized carbons (Fsp3) is 0.571. The molecule has 0 radical (unpaired) electrons. The van der Waals surface area contributed by atoms with Crippen LogP contribution >= 0.6 is 24.0 Å². The van der Waals surface area contributed by atoms with E-state index in [1.165, 1.54) is 5.01 Å². The summed E-state index contributed by atoms with van der Waals surface area (Å²) in [5, 5.41) is 6.36. The molecule has 0 saturated heterocycles. The first-order valence-corrected chi connectivity index (χ1v) is 5.04. The van der Waals surface area contributed by atoms with Crippen molar-refractivity contribution in [2.45, 2.75) is 12.5 Å². The summed E-state index contributed by atoms with van der Waals surface area (Å²) in [7, 11) is 1.95. The second-order valence-corrected chi connectivity index (χ2v) is 3.64. The Kier molecular flexibility index (Phi) is 3.90. The van der Waals surface area contributed by atoms with Crippen molar-refractivity contribution >= 4 is 24.0 Å². The lowest BCUT2D eigenvalue weighted by molar-refractivity contribution is 0.616. The van der Waals surface area contributed by atoms with Crippen molar-refractivity contribution in [2.75, 3.05) is 12.8 Å². The van der Waals surface area contributed by atoms with Crippen molar-refractivity contribution < 1.29 is 0 Å². The maximum Gasteiger partial charge on any atom is 0.0940 e. The third-order valence-corrected chi connectivity index (χ3v) is 2.78. The van der Waals surface area contributed by atoms with Gasteiger partial charge in [-0.2, -0.15) is 12.6 Å². The van der Waals surface area contributed by atoms with E-state index in [1.54, 1.807) is 11.3 Å². The number of hydrogen-bond acceptors (Lipinski definition) is 4. The predicted molar refractivity (Wildman–Crippen MR) is 52.5 cm³/mol. The third-order valence-electron chi connectivity index (χ3n) is 1.53. The van der Waals surface area contributed by atoms with E-state index in [2.05, 4.69) is 22.9 Å². The van der Waals surface area contributed by atoms with Crippen LogP contribution in [0.3, 0.4) is 0 Å². The molecule has 0 amide bonds. The molecule has 0 aliphatic carbocycles. The van der Waals surface area contributed by atoms with E-state index < -0.39 is 0 Å². The van der Waals surface area contributed by atoms with Gasteiger partial charge in [-0.1, -0.05) is 0 Å². The maximum absolute atomic E-state index is 4.22. The van der Waals surface area contributed by atoms with E-state index in [4.69, 9.17) is 0 Å². The normalized spacial score (nSPS) is 13.3. The summed E-state index contributed by atoms with van der Waals surface area (Å²) < 4.78 is 0. The van der Waals surface area contributed by atoms with Crippen molar-refractivity contribution in [3.63, 3.8) is 0 Å². The van der Waals surface area contributed by atoms with Crippen LogP contribution in [0.2, 0.25) is 0 Å². The van der Waals surface area contributed by atoms with Crippen molar-refractivity contribution in [1.82, 2.24) is 10.3 Å². The summed E-state index contributed by atoms with van der Waals surface area (Å²) in [5.74, 6) is 0.857. The molecule has 1 rings (SSSR count). The lowest BCUT2D eigenvalue weighted by atomic mass is 10.2. The van der Waals surface area contributed by atoms with E-state index in [0.717, 1.165) is 12.2 Å². The van der Waals surface area contributed by atoms with Crippen LogP contribution in [-0.4, -0.2) is 23.8 Å². The topological polar surface area (TPSA) is 24.9 Å². The summed E-state index contributed by atoms with van der Waals surface area (Å²) in [6.45, 7) is 0. The van der Waals surface area contributed by atoms with Gasteiger partial charge in [0, 0.05) is 29.8 Å². The molecule has 0 saturated carbocycles. The molecule has 1 aromatic rings. The Morgan fingerprint density at radius 2 is 2.64 bits per heavy atom. The summed E-state index contributed by atoms with van der Waals surface area (Å²) in [6.07, 6.45) is 2.82. The van der Waals surface area contributed by atoms with Crippen molar-refractivity contribution in [2.24, 2.45) is 0 Å². The summed E-state index contributed by atoms with van der Waals surface area (Å²) in [6, 6.07) is 0.449. The molecule has 62 valence electrons. The second kappa shape index (κ2) is 4.74. The SMILES string of the molecule is CN[C@@H](CS)Cc1nccs1. The molecular weight excluding hydrogens is 176 g/mol. The Morgan fingerprint density at radius 3 is 3.09 bits per heavy atom. The van der Waals surface area contributed by atoms with Crippen molar-refractivity contribution in [1.29, 1.82) is 0 Å². The van der Waals surface area contributed by atoms with Gasteiger partial charge in [-0.05, 0) is 7.05 Å². The average Bonchev–Trinajstić information content (AvgIpc) is 2.52. The minimum Gasteiger partial charge on any atom is -0.316 e. The van der Waals surface area contributed by atoms with Crippen molar-refractivity contribution in [3.05, 3.63) is 16.6 Å². The van der Waals surface area contributed by atoms with Gasteiger partial charge in [0.1, 0.15) is 0 Å². The number of likely N-dealkylation sites (N-methyl/N-ethyl adjacent to an activating group) is 1. The molecule has 0 aliphatic rings. The highest BCUT2D eigenvalue weighted by Crippen LogP contribution is 2.07. The Bertz CT molecular complexity index is 182. The average molecular weight is 188 g/mol. The molecule has 0 aromatic carbocycles. The smallest absolute Gasteiger partial charge is 0.0940 e. The fourth-order valence-corrected chi connectivity index (χ4v) is 1.83. The number of aromatic nitrogens is 1. The Balaban J connectivity index is 2.41. The monoisotopic (exact) mass is 188 g/mol. The molecule has 1 heterocycles. The highest BCUT2D eigenvalue weighted by molar-refractivity contribution is 7.80. The minimum atomic E-state index is 0.449. The molecule has 0 aliphatic heterocycles. The zero-order valence-corrected chi connectivity index (χ0v) is 8.16. The molecule has 0 fully saturated rings. The Hall–Kier alpha value is -0.0600. The third kappa shape index (κ3) is 2.81. The second-order valence-electron chi connectivity index (χ2n) is 2.30. The zero-order chi connectivity index (χ0) is 8.10.